The number of rotatable bonds is 23. The fourth-order valence-electron chi connectivity index (χ4n) is 5.14. The Kier molecular flexibility index (Phi) is 17.9. The Morgan fingerprint density at radius 2 is 1.37 bits per heavy atom. The highest BCUT2D eigenvalue weighted by Crippen LogP contribution is 2.34. The fourth-order valence-corrected chi connectivity index (χ4v) is 5.69. The maximum atomic E-state index is 11.2. The van der Waals surface area contributed by atoms with Gasteiger partial charge >= 0.3 is 0 Å². The largest absolute Gasteiger partial charge is 0.756 e. The Labute approximate surface area is 231 Å². The molecule has 9 heteroatoms. The van der Waals surface area contributed by atoms with Gasteiger partial charge in [-0.1, -0.05) is 120 Å². The predicted molar refractivity (Wildman–Crippen MR) is 155 cm³/mol. The van der Waals surface area contributed by atoms with E-state index in [0.717, 1.165) is 38.5 Å². The van der Waals surface area contributed by atoms with Gasteiger partial charge in [0, 0.05) is 10.6 Å². The molecule has 38 heavy (non-hydrogen) atoms. The van der Waals surface area contributed by atoms with Crippen molar-refractivity contribution in [3.05, 3.63) is 40.3 Å². The number of phosphoric ester groups is 1. The summed E-state index contributed by atoms with van der Waals surface area (Å²) >= 11 is 0. The molecule has 218 valence electrons. The Morgan fingerprint density at radius 3 is 1.82 bits per heavy atom. The Hall–Kier alpha value is -1.40. The molecule has 1 aromatic rings. The van der Waals surface area contributed by atoms with Gasteiger partial charge in [0.1, 0.15) is 12.6 Å². The molecule has 0 aliphatic carbocycles. The predicted octanol–water partition coefficient (Wildman–Crippen LogP) is 8.53. The third-order valence-electron chi connectivity index (χ3n) is 7.04. The van der Waals surface area contributed by atoms with Crippen LogP contribution in [0.1, 0.15) is 121 Å². The van der Waals surface area contributed by atoms with Gasteiger partial charge in [-0.05, 0) is 36.3 Å². The summed E-state index contributed by atoms with van der Waals surface area (Å²) in [4.78, 5) is 23.2. The molecular formula is C29H53N4O4P. The summed E-state index contributed by atoms with van der Waals surface area (Å²) in [5.74, 6) is 0.522. The molecular weight excluding hydrogens is 499 g/mol. The maximum absolute atomic E-state index is 11.2. The first-order chi connectivity index (χ1) is 18.0. The van der Waals surface area contributed by atoms with Crippen molar-refractivity contribution in [1.82, 2.24) is 0 Å². The van der Waals surface area contributed by atoms with E-state index < -0.39 is 13.9 Å². The third kappa shape index (κ3) is 18.8. The van der Waals surface area contributed by atoms with Crippen molar-refractivity contribution >= 4 is 13.5 Å². The summed E-state index contributed by atoms with van der Waals surface area (Å²) in [6.07, 6.45) is 18.4. The molecule has 0 saturated carbocycles. The summed E-state index contributed by atoms with van der Waals surface area (Å²) in [5.41, 5.74) is 10.7. The number of hydrogen-bond donors (Lipinski definition) is 1. The van der Waals surface area contributed by atoms with Gasteiger partial charge in [-0.2, -0.15) is 0 Å². The minimum absolute atomic E-state index is 0.493. The lowest BCUT2D eigenvalue weighted by Crippen LogP contribution is -2.42. The summed E-state index contributed by atoms with van der Waals surface area (Å²) < 4.78 is 16.7. The first-order valence-corrected chi connectivity index (χ1v) is 16.2. The lowest BCUT2D eigenvalue weighted by atomic mass is 9.88. The molecule has 0 saturated heterocycles. The van der Waals surface area contributed by atoms with E-state index in [-0.39, 0.29) is 0 Å². The zero-order valence-corrected chi connectivity index (χ0v) is 25.3. The number of phosphoric acid groups is 1. The minimum Gasteiger partial charge on any atom is -0.756 e. The second-order valence-corrected chi connectivity index (χ2v) is 12.9. The highest BCUT2D eigenvalue weighted by atomic mass is 31.2. The molecule has 1 N–H and O–H groups in total. The van der Waals surface area contributed by atoms with Gasteiger partial charge in [0.2, 0.25) is 0 Å². The van der Waals surface area contributed by atoms with E-state index in [9.17, 15) is 9.46 Å². The molecule has 0 aliphatic heterocycles. The van der Waals surface area contributed by atoms with Crippen molar-refractivity contribution in [2.24, 2.45) is 5.11 Å². The summed E-state index contributed by atoms with van der Waals surface area (Å²) in [6.45, 7) is 2.79. The fraction of sp³-hybridized carbons (Fsp3) is 0.793. The maximum Gasteiger partial charge on any atom is 0.265 e. The standard InChI is InChI=1S/C29H53N4O4P/c1-5-6-7-8-9-10-12-15-18-26(27-21-23-28(24-22-27)31-32-30)19-16-13-11-14-17-20-29(25-33(2,3)4)37-38(34,35)36/h21-24,26,29H,5-20,25H2,1-4H3,(H-,34,35,36). The van der Waals surface area contributed by atoms with E-state index in [1.807, 2.05) is 33.3 Å². The first kappa shape index (κ1) is 34.6. The van der Waals surface area contributed by atoms with E-state index >= 15 is 0 Å². The SMILES string of the molecule is CCCCCCCCCCC(CCCCCCCC(C[N+](C)(C)C)OP(=O)([O-])O)c1ccc(N=[N+]=[N-])cc1. The zero-order chi connectivity index (χ0) is 28.3. The van der Waals surface area contributed by atoms with Gasteiger partial charge in [-0.15, -0.1) is 0 Å². The van der Waals surface area contributed by atoms with Crippen LogP contribution in [-0.2, 0) is 9.09 Å². The highest BCUT2D eigenvalue weighted by molar-refractivity contribution is 7.44. The second kappa shape index (κ2) is 19.6. The summed E-state index contributed by atoms with van der Waals surface area (Å²) in [7, 11) is 1.23. The van der Waals surface area contributed by atoms with Crippen molar-refractivity contribution in [2.45, 2.75) is 122 Å². The Bertz CT molecular complexity index is 832. The van der Waals surface area contributed by atoms with E-state index in [1.54, 1.807) is 0 Å². The van der Waals surface area contributed by atoms with Crippen LogP contribution >= 0.6 is 7.82 Å². The number of nitrogens with zero attached hydrogens (tertiary/aromatic N) is 4. The molecule has 0 radical (unpaired) electrons. The molecule has 8 nitrogen and oxygen atoms in total. The minimum atomic E-state index is -4.73. The lowest BCUT2D eigenvalue weighted by Gasteiger charge is -2.31. The monoisotopic (exact) mass is 552 g/mol. The van der Waals surface area contributed by atoms with Crippen LogP contribution in [0.2, 0.25) is 0 Å². The van der Waals surface area contributed by atoms with Crippen molar-refractivity contribution in [1.29, 1.82) is 0 Å². The van der Waals surface area contributed by atoms with E-state index in [1.165, 1.54) is 63.4 Å². The molecule has 0 spiro atoms. The van der Waals surface area contributed by atoms with Crippen LogP contribution in [0, 0.1) is 0 Å². The van der Waals surface area contributed by atoms with Crippen LogP contribution in [0.5, 0.6) is 0 Å². The zero-order valence-electron chi connectivity index (χ0n) is 24.4. The van der Waals surface area contributed by atoms with Crippen LogP contribution in [0.15, 0.2) is 29.4 Å². The number of benzene rings is 1. The molecule has 0 aromatic heterocycles. The average Bonchev–Trinajstić information content (AvgIpc) is 2.82. The van der Waals surface area contributed by atoms with Gasteiger partial charge in [0.25, 0.3) is 7.82 Å². The van der Waals surface area contributed by atoms with Crippen molar-refractivity contribution in [2.75, 3.05) is 27.7 Å². The van der Waals surface area contributed by atoms with Gasteiger partial charge in [-0.25, -0.2) is 0 Å². The Morgan fingerprint density at radius 1 is 0.895 bits per heavy atom. The highest BCUT2D eigenvalue weighted by Gasteiger charge is 2.22. The molecule has 3 atom stereocenters. The number of quaternary nitrogens is 1. The summed E-state index contributed by atoms with van der Waals surface area (Å²) in [6, 6.07) is 8.06. The molecule has 1 rings (SSSR count). The normalized spacial score (nSPS) is 15.0. The number of azide groups is 1. The number of likely N-dealkylation sites (N-methyl/N-ethyl adjacent to an activating group) is 1. The molecule has 0 bridgehead atoms. The van der Waals surface area contributed by atoms with Gasteiger partial charge in [0.05, 0.1) is 21.1 Å². The molecule has 1 aromatic carbocycles. The quantitative estimate of drug-likeness (QED) is 0.0365. The van der Waals surface area contributed by atoms with Crippen molar-refractivity contribution < 1.29 is 23.4 Å². The van der Waals surface area contributed by atoms with Crippen molar-refractivity contribution in [3.8, 4) is 0 Å². The van der Waals surface area contributed by atoms with Gasteiger partial charge in [0.15, 0.2) is 0 Å². The van der Waals surface area contributed by atoms with Crippen molar-refractivity contribution in [3.63, 3.8) is 0 Å². The van der Waals surface area contributed by atoms with E-state index in [0.29, 0.717) is 29.1 Å². The second-order valence-electron chi connectivity index (χ2n) is 11.8. The van der Waals surface area contributed by atoms with Crippen LogP contribution in [0.25, 0.3) is 10.4 Å². The van der Waals surface area contributed by atoms with Crippen LogP contribution < -0.4 is 4.89 Å². The van der Waals surface area contributed by atoms with Crippen LogP contribution in [0.3, 0.4) is 0 Å². The van der Waals surface area contributed by atoms with Crippen LogP contribution in [-0.4, -0.2) is 43.2 Å². The smallest absolute Gasteiger partial charge is 0.265 e. The first-order valence-electron chi connectivity index (χ1n) is 14.7. The number of hydrogen-bond acceptors (Lipinski definition) is 4. The molecule has 0 aliphatic rings. The molecule has 0 heterocycles. The number of unbranched alkanes of at least 4 members (excludes halogenated alkanes) is 11. The van der Waals surface area contributed by atoms with Gasteiger partial charge < -0.3 is 18.8 Å². The molecule has 0 fully saturated rings. The van der Waals surface area contributed by atoms with Crippen LogP contribution in [0.4, 0.5) is 5.69 Å². The topological polar surface area (TPSA) is 118 Å². The third-order valence-corrected chi connectivity index (χ3v) is 7.61. The molecule has 3 unspecified atom stereocenters. The lowest BCUT2D eigenvalue weighted by molar-refractivity contribution is -0.873. The average molecular weight is 553 g/mol. The summed E-state index contributed by atoms with van der Waals surface area (Å²) in [5, 5.41) is 3.70. The Balaban J connectivity index is 2.45. The molecule has 0 amide bonds. The van der Waals surface area contributed by atoms with Gasteiger partial charge in [-0.3, -0.25) is 4.57 Å². The van der Waals surface area contributed by atoms with E-state index in [2.05, 4.69) is 29.1 Å². The van der Waals surface area contributed by atoms with E-state index in [4.69, 9.17) is 14.9 Å².